The quantitative estimate of drug-likeness (QED) is 0.851. The van der Waals surface area contributed by atoms with E-state index in [0.717, 1.165) is 23.3 Å². The summed E-state index contributed by atoms with van der Waals surface area (Å²) in [5.41, 5.74) is 1.01. The van der Waals surface area contributed by atoms with Gasteiger partial charge in [0.1, 0.15) is 0 Å². The van der Waals surface area contributed by atoms with Gasteiger partial charge in [-0.2, -0.15) is 0 Å². The summed E-state index contributed by atoms with van der Waals surface area (Å²) in [7, 11) is 0. The van der Waals surface area contributed by atoms with Gasteiger partial charge in [-0.3, -0.25) is 0 Å². The van der Waals surface area contributed by atoms with E-state index in [1.54, 1.807) is 0 Å². The standard InChI is InChI=1S/C17H25NO/c1-12(16-10-13-7-8-15(16)9-13)18-11-17(19)14-5-3-2-4-6-14/h2-6,12-13,15-19H,7-11H2,1H3/t12-,13-,15-,16-,17-/m0/s1. The molecule has 0 unspecified atom stereocenters. The molecule has 104 valence electrons. The van der Waals surface area contributed by atoms with Crippen molar-refractivity contribution >= 4 is 0 Å². The average molecular weight is 259 g/mol. The van der Waals surface area contributed by atoms with E-state index in [9.17, 15) is 5.11 Å². The van der Waals surface area contributed by atoms with Crippen LogP contribution in [0.2, 0.25) is 0 Å². The molecule has 2 heteroatoms. The van der Waals surface area contributed by atoms with Gasteiger partial charge < -0.3 is 10.4 Å². The first kappa shape index (κ1) is 13.1. The summed E-state index contributed by atoms with van der Waals surface area (Å²) in [6.45, 7) is 2.96. The van der Waals surface area contributed by atoms with Gasteiger partial charge in [-0.25, -0.2) is 0 Å². The lowest BCUT2D eigenvalue weighted by atomic mass is 9.84. The number of benzene rings is 1. The van der Waals surface area contributed by atoms with Gasteiger partial charge in [0.2, 0.25) is 0 Å². The van der Waals surface area contributed by atoms with E-state index in [2.05, 4.69) is 12.2 Å². The monoisotopic (exact) mass is 259 g/mol. The number of aliphatic hydroxyl groups is 1. The van der Waals surface area contributed by atoms with Crippen LogP contribution in [0.1, 0.15) is 44.3 Å². The van der Waals surface area contributed by atoms with Crippen molar-refractivity contribution in [2.24, 2.45) is 17.8 Å². The molecule has 2 aliphatic rings. The first-order valence-electron chi connectivity index (χ1n) is 7.70. The molecule has 1 aromatic rings. The average Bonchev–Trinajstić information content (AvgIpc) is 3.08. The van der Waals surface area contributed by atoms with Crippen molar-refractivity contribution in [3.8, 4) is 0 Å². The molecule has 3 rings (SSSR count). The van der Waals surface area contributed by atoms with Gasteiger partial charge >= 0.3 is 0 Å². The molecule has 2 fully saturated rings. The third-order valence-corrected chi connectivity index (χ3v) is 5.25. The maximum atomic E-state index is 10.2. The Morgan fingerprint density at radius 1 is 1.21 bits per heavy atom. The van der Waals surface area contributed by atoms with Gasteiger partial charge in [-0.1, -0.05) is 36.8 Å². The van der Waals surface area contributed by atoms with Gasteiger partial charge in [-0.15, -0.1) is 0 Å². The summed E-state index contributed by atoms with van der Waals surface area (Å²) < 4.78 is 0. The molecular formula is C17H25NO. The molecule has 0 radical (unpaired) electrons. The lowest BCUT2D eigenvalue weighted by Crippen LogP contribution is -2.38. The fourth-order valence-corrected chi connectivity index (χ4v) is 4.15. The number of rotatable bonds is 5. The van der Waals surface area contributed by atoms with Gasteiger partial charge in [0, 0.05) is 12.6 Å². The van der Waals surface area contributed by atoms with Crippen molar-refractivity contribution in [3.63, 3.8) is 0 Å². The van der Waals surface area contributed by atoms with Crippen molar-refractivity contribution in [1.82, 2.24) is 5.32 Å². The molecule has 1 aromatic carbocycles. The summed E-state index contributed by atoms with van der Waals surface area (Å²) in [6.07, 6.45) is 5.36. The molecule has 19 heavy (non-hydrogen) atoms. The molecule has 0 spiro atoms. The van der Waals surface area contributed by atoms with Crippen LogP contribution in [0.4, 0.5) is 0 Å². The Balaban J connectivity index is 1.49. The van der Waals surface area contributed by atoms with E-state index in [4.69, 9.17) is 0 Å². The summed E-state index contributed by atoms with van der Waals surface area (Å²) in [6, 6.07) is 10.5. The highest BCUT2D eigenvalue weighted by molar-refractivity contribution is 5.17. The largest absolute Gasteiger partial charge is 0.387 e. The summed E-state index contributed by atoms with van der Waals surface area (Å²) in [5.74, 6) is 2.78. The predicted octanol–water partition coefficient (Wildman–Crippen LogP) is 3.13. The summed E-state index contributed by atoms with van der Waals surface area (Å²) >= 11 is 0. The van der Waals surface area contributed by atoms with E-state index >= 15 is 0 Å². The minimum Gasteiger partial charge on any atom is -0.387 e. The lowest BCUT2D eigenvalue weighted by Gasteiger charge is -2.29. The van der Waals surface area contributed by atoms with Crippen molar-refractivity contribution < 1.29 is 5.11 Å². The van der Waals surface area contributed by atoms with E-state index < -0.39 is 0 Å². The fourth-order valence-electron chi connectivity index (χ4n) is 4.15. The molecule has 2 saturated carbocycles. The molecule has 0 heterocycles. The third-order valence-electron chi connectivity index (χ3n) is 5.25. The van der Waals surface area contributed by atoms with Crippen molar-refractivity contribution in [2.45, 2.75) is 44.8 Å². The van der Waals surface area contributed by atoms with E-state index in [1.807, 2.05) is 30.3 Å². The maximum absolute atomic E-state index is 10.2. The van der Waals surface area contributed by atoms with Crippen LogP contribution in [-0.2, 0) is 0 Å². The van der Waals surface area contributed by atoms with Crippen molar-refractivity contribution in [1.29, 1.82) is 0 Å². The number of fused-ring (bicyclic) bond motifs is 2. The molecule has 2 nitrogen and oxygen atoms in total. The molecular weight excluding hydrogens is 234 g/mol. The molecule has 5 atom stereocenters. The second-order valence-corrected chi connectivity index (χ2v) is 6.46. The van der Waals surface area contributed by atoms with Crippen molar-refractivity contribution in [2.75, 3.05) is 6.54 Å². The Morgan fingerprint density at radius 2 is 2.00 bits per heavy atom. The Bertz CT molecular complexity index is 405. The van der Waals surface area contributed by atoms with Gasteiger partial charge in [0.15, 0.2) is 0 Å². The van der Waals surface area contributed by atoms with Crippen molar-refractivity contribution in [3.05, 3.63) is 35.9 Å². The molecule has 2 bridgehead atoms. The fraction of sp³-hybridized carbons (Fsp3) is 0.647. The third kappa shape index (κ3) is 2.85. The SMILES string of the molecule is C[C@H](NC[C@H](O)c1ccccc1)[C@@H]1C[C@H]2CC[C@H]1C2. The first-order chi connectivity index (χ1) is 9.24. The highest BCUT2D eigenvalue weighted by atomic mass is 16.3. The van der Waals surface area contributed by atoms with E-state index in [1.165, 1.54) is 25.7 Å². The smallest absolute Gasteiger partial charge is 0.0914 e. The molecule has 0 aromatic heterocycles. The Kier molecular flexibility index (Phi) is 3.90. The number of aliphatic hydroxyl groups excluding tert-OH is 1. The van der Waals surface area contributed by atoms with Crippen LogP contribution in [0.5, 0.6) is 0 Å². The number of hydrogen-bond donors (Lipinski definition) is 2. The zero-order valence-electron chi connectivity index (χ0n) is 11.8. The normalized spacial score (nSPS) is 32.4. The minimum atomic E-state index is -0.387. The van der Waals surface area contributed by atoms with Crippen LogP contribution in [0.15, 0.2) is 30.3 Å². The minimum absolute atomic E-state index is 0.387. The van der Waals surface area contributed by atoms with Crippen LogP contribution >= 0.6 is 0 Å². The summed E-state index contributed by atoms with van der Waals surface area (Å²) in [4.78, 5) is 0. The topological polar surface area (TPSA) is 32.3 Å². The Morgan fingerprint density at radius 3 is 2.63 bits per heavy atom. The van der Waals surface area contributed by atoms with Gasteiger partial charge in [0.05, 0.1) is 6.10 Å². The number of hydrogen-bond acceptors (Lipinski definition) is 2. The molecule has 0 saturated heterocycles. The number of nitrogens with one attached hydrogen (secondary N) is 1. The zero-order valence-corrected chi connectivity index (χ0v) is 11.8. The van der Waals surface area contributed by atoms with Crippen LogP contribution < -0.4 is 5.32 Å². The van der Waals surface area contributed by atoms with Gasteiger partial charge in [-0.05, 0) is 49.5 Å². The summed E-state index contributed by atoms with van der Waals surface area (Å²) in [5, 5.41) is 13.7. The predicted molar refractivity (Wildman–Crippen MR) is 77.8 cm³/mol. The first-order valence-corrected chi connectivity index (χ1v) is 7.70. The second kappa shape index (κ2) is 5.64. The molecule has 0 amide bonds. The Hall–Kier alpha value is -0.860. The van der Waals surface area contributed by atoms with E-state index in [0.29, 0.717) is 12.6 Å². The van der Waals surface area contributed by atoms with Crippen LogP contribution in [-0.4, -0.2) is 17.7 Å². The lowest BCUT2D eigenvalue weighted by molar-refractivity contribution is 0.158. The second-order valence-electron chi connectivity index (χ2n) is 6.46. The maximum Gasteiger partial charge on any atom is 0.0914 e. The highest BCUT2D eigenvalue weighted by Crippen LogP contribution is 2.49. The Labute approximate surface area is 116 Å². The van der Waals surface area contributed by atoms with E-state index in [-0.39, 0.29) is 6.10 Å². The van der Waals surface area contributed by atoms with Gasteiger partial charge in [0.25, 0.3) is 0 Å². The molecule has 2 aliphatic carbocycles. The zero-order chi connectivity index (χ0) is 13.2. The highest BCUT2D eigenvalue weighted by Gasteiger charge is 2.41. The molecule has 0 aliphatic heterocycles. The molecule has 2 N–H and O–H groups in total. The van der Waals surface area contributed by atoms with Crippen LogP contribution in [0.3, 0.4) is 0 Å². The van der Waals surface area contributed by atoms with Crippen LogP contribution in [0.25, 0.3) is 0 Å². The van der Waals surface area contributed by atoms with Crippen LogP contribution in [0, 0.1) is 17.8 Å².